The molecule has 5 unspecified atom stereocenters. The number of carbonyl (C=O) groups excluding carboxylic acids is 2. The van der Waals surface area contributed by atoms with Crippen LogP contribution in [-0.2, 0) is 46.3 Å². The summed E-state index contributed by atoms with van der Waals surface area (Å²) in [5, 5.41) is 30.0. The molecule has 5 atom stereocenters. The van der Waals surface area contributed by atoms with Gasteiger partial charge in [-0.3, -0.25) is 27.7 Å². The molecule has 0 aromatic rings. The number of aliphatic hydroxyl groups excluding tert-OH is 3. The third kappa shape index (κ3) is 45.4. The molecule has 0 spiro atoms. The second-order valence-electron chi connectivity index (χ2n) is 16.5. The summed E-state index contributed by atoms with van der Waals surface area (Å²) in [4.78, 5) is 43.7. The summed E-state index contributed by atoms with van der Waals surface area (Å²) >= 11 is 0. The number of aliphatic hydroxyl groups is 3. The van der Waals surface area contributed by atoms with Gasteiger partial charge in [0.05, 0.1) is 26.4 Å². The summed E-state index contributed by atoms with van der Waals surface area (Å²) in [6.45, 7) is 0.282. The van der Waals surface area contributed by atoms with Crippen molar-refractivity contribution in [2.75, 3.05) is 39.6 Å². The van der Waals surface area contributed by atoms with Gasteiger partial charge in [-0.2, -0.15) is 0 Å². The lowest BCUT2D eigenvalue weighted by Crippen LogP contribution is -2.25. The normalized spacial score (nSPS) is 15.4. The van der Waals surface area contributed by atoms with Crippen LogP contribution in [0.2, 0.25) is 0 Å². The number of hydrogen-bond acceptors (Lipinski definition) is 13. The van der Waals surface area contributed by atoms with Gasteiger partial charge < -0.3 is 34.6 Å². The van der Waals surface area contributed by atoms with E-state index in [-0.39, 0.29) is 12.8 Å². The average Bonchev–Trinajstić information content (AvgIpc) is 3.27. The Labute approximate surface area is 386 Å². The fourth-order valence-electron chi connectivity index (χ4n) is 6.39. The summed E-state index contributed by atoms with van der Waals surface area (Å²) in [6, 6.07) is 0. The van der Waals surface area contributed by atoms with Crippen molar-refractivity contribution in [1.29, 1.82) is 0 Å². The van der Waals surface area contributed by atoms with E-state index in [1.165, 1.54) is 96.3 Å². The fraction of sp³-hybridized carbons (Fsp3) is 0.830. The Balaban J connectivity index is 3.86. The third-order valence-corrected chi connectivity index (χ3v) is 12.1. The molecule has 5 N–H and O–H groups in total. The minimum Gasteiger partial charge on any atom is -0.463 e. The lowest BCUT2D eigenvalue weighted by atomic mass is 10.0. The highest BCUT2D eigenvalue weighted by Crippen LogP contribution is 2.45. The van der Waals surface area contributed by atoms with Gasteiger partial charge in [-0.15, -0.1) is 0 Å². The van der Waals surface area contributed by atoms with Crippen LogP contribution >= 0.6 is 15.6 Å². The number of phosphoric acid groups is 2. The van der Waals surface area contributed by atoms with Crippen LogP contribution in [0.5, 0.6) is 0 Å². The summed E-state index contributed by atoms with van der Waals surface area (Å²) < 4.78 is 53.0. The van der Waals surface area contributed by atoms with Crippen molar-refractivity contribution < 1.29 is 71.4 Å². The van der Waals surface area contributed by atoms with Gasteiger partial charge in [0.2, 0.25) is 0 Å². The van der Waals surface area contributed by atoms with E-state index in [1.54, 1.807) is 0 Å². The number of allylic oxidation sites excluding steroid dienone is 6. The van der Waals surface area contributed by atoms with Gasteiger partial charge in [-0.25, -0.2) is 9.13 Å². The van der Waals surface area contributed by atoms with Crippen molar-refractivity contribution in [2.45, 2.75) is 212 Å². The Morgan fingerprint density at radius 1 is 0.422 bits per heavy atom. The van der Waals surface area contributed by atoms with E-state index >= 15 is 0 Å². The molecule has 15 nitrogen and oxygen atoms in total. The highest BCUT2D eigenvalue weighted by molar-refractivity contribution is 7.47. The van der Waals surface area contributed by atoms with Crippen LogP contribution in [0.1, 0.15) is 194 Å². The van der Waals surface area contributed by atoms with E-state index < -0.39 is 85.5 Å². The Kier molecular flexibility index (Phi) is 42.6. The van der Waals surface area contributed by atoms with Gasteiger partial charge in [-0.1, -0.05) is 185 Å². The molecular formula is C47H88O15P2. The molecule has 0 radical (unpaired) electrons. The molecule has 17 heteroatoms. The lowest BCUT2D eigenvalue weighted by molar-refractivity contribution is -0.148. The second-order valence-corrected chi connectivity index (χ2v) is 19.4. The maximum absolute atomic E-state index is 12.2. The number of carbonyl (C=O) groups is 2. The van der Waals surface area contributed by atoms with Crippen LogP contribution in [0.4, 0.5) is 0 Å². The van der Waals surface area contributed by atoms with Gasteiger partial charge in [0.1, 0.15) is 31.5 Å². The second kappa shape index (κ2) is 43.8. The van der Waals surface area contributed by atoms with Gasteiger partial charge in [0.25, 0.3) is 0 Å². The number of unbranched alkanes of at least 4 members (excludes halogenated alkanes) is 23. The molecule has 0 saturated carbocycles. The van der Waals surface area contributed by atoms with E-state index in [4.69, 9.17) is 9.47 Å². The minimum atomic E-state index is -4.79. The maximum Gasteiger partial charge on any atom is 0.472 e. The molecule has 0 aromatic heterocycles. The maximum atomic E-state index is 12.2. The SMILES string of the molecule is CC/C=C/C=C/C=C\CCCCCCCC(=O)OCC(O)COP(=O)(O)OCC(O)COP(=O)(O)OCC(O)COC(=O)CCCCCCCCCCCCCCCCCCCCC. The molecule has 0 amide bonds. The molecule has 376 valence electrons. The zero-order chi connectivity index (χ0) is 47.4. The van der Waals surface area contributed by atoms with E-state index in [0.29, 0.717) is 12.8 Å². The summed E-state index contributed by atoms with van der Waals surface area (Å²) in [7, 11) is -9.57. The zero-order valence-electron chi connectivity index (χ0n) is 39.5. The predicted octanol–water partition coefficient (Wildman–Crippen LogP) is 11.1. The Bertz CT molecular complexity index is 1290. The third-order valence-electron chi connectivity index (χ3n) is 10.2. The minimum absolute atomic E-state index is 0.173. The molecular weight excluding hydrogens is 866 g/mol. The highest BCUT2D eigenvalue weighted by atomic mass is 31.2. The van der Waals surface area contributed by atoms with Gasteiger partial charge in [0.15, 0.2) is 0 Å². The molecule has 0 aliphatic carbocycles. The lowest BCUT2D eigenvalue weighted by Gasteiger charge is -2.19. The number of ether oxygens (including phenoxy) is 2. The monoisotopic (exact) mass is 955 g/mol. The van der Waals surface area contributed by atoms with Crippen LogP contribution in [0.25, 0.3) is 0 Å². The van der Waals surface area contributed by atoms with E-state index in [1.807, 2.05) is 24.3 Å². The molecule has 0 bridgehead atoms. The quantitative estimate of drug-likeness (QED) is 0.0166. The van der Waals surface area contributed by atoms with Crippen molar-refractivity contribution in [1.82, 2.24) is 0 Å². The number of rotatable bonds is 47. The molecule has 0 aromatic carbocycles. The Hall–Kier alpha value is -1.74. The van der Waals surface area contributed by atoms with E-state index in [0.717, 1.165) is 57.8 Å². The van der Waals surface area contributed by atoms with Crippen LogP contribution < -0.4 is 0 Å². The summed E-state index contributed by atoms with van der Waals surface area (Å²) in [6.07, 6.45) is 38.6. The fourth-order valence-corrected chi connectivity index (χ4v) is 7.98. The van der Waals surface area contributed by atoms with Crippen LogP contribution in [0.15, 0.2) is 36.5 Å². The largest absolute Gasteiger partial charge is 0.472 e. The number of hydrogen-bond donors (Lipinski definition) is 5. The van der Waals surface area contributed by atoms with Gasteiger partial charge in [0, 0.05) is 12.8 Å². The first kappa shape index (κ1) is 62.3. The Morgan fingerprint density at radius 2 is 0.719 bits per heavy atom. The molecule has 0 fully saturated rings. The summed E-state index contributed by atoms with van der Waals surface area (Å²) in [5.41, 5.74) is 0. The van der Waals surface area contributed by atoms with Gasteiger partial charge >= 0.3 is 27.6 Å². The van der Waals surface area contributed by atoms with E-state index in [9.17, 15) is 43.8 Å². The summed E-state index contributed by atoms with van der Waals surface area (Å²) in [5.74, 6) is -1.01. The molecule has 0 aliphatic rings. The van der Waals surface area contributed by atoms with Crippen molar-refractivity contribution in [2.24, 2.45) is 0 Å². The zero-order valence-corrected chi connectivity index (χ0v) is 41.2. The van der Waals surface area contributed by atoms with E-state index in [2.05, 4.69) is 44.1 Å². The Morgan fingerprint density at radius 3 is 1.06 bits per heavy atom. The number of phosphoric ester groups is 2. The van der Waals surface area contributed by atoms with Crippen molar-refractivity contribution in [3.8, 4) is 0 Å². The van der Waals surface area contributed by atoms with Gasteiger partial charge in [-0.05, 0) is 32.1 Å². The smallest absolute Gasteiger partial charge is 0.463 e. The topological polar surface area (TPSA) is 225 Å². The van der Waals surface area contributed by atoms with Crippen molar-refractivity contribution in [3.05, 3.63) is 36.5 Å². The van der Waals surface area contributed by atoms with Crippen LogP contribution in [0, 0.1) is 0 Å². The highest BCUT2D eigenvalue weighted by Gasteiger charge is 2.28. The molecule has 64 heavy (non-hydrogen) atoms. The number of esters is 2. The molecule has 0 aliphatic heterocycles. The van der Waals surface area contributed by atoms with Crippen molar-refractivity contribution >= 4 is 27.6 Å². The van der Waals surface area contributed by atoms with Crippen molar-refractivity contribution in [3.63, 3.8) is 0 Å². The van der Waals surface area contributed by atoms with Crippen LogP contribution in [-0.4, -0.2) is 95.0 Å². The first-order valence-corrected chi connectivity index (χ1v) is 27.4. The average molecular weight is 955 g/mol. The standard InChI is InChI=1S/C47H88O15P2/c1-3-5-7-9-11-13-15-17-18-19-20-21-22-24-26-28-30-32-34-36-47(52)58-38-44(49)40-60-64(55,56)62-42-45(50)41-61-63(53,54)59-39-43(48)37-57-46(51)35-33-31-29-27-25-23-16-14-12-10-8-6-4-2/h6,8,10,12,14,16,43-45,48-50H,3-5,7,9,11,13,15,17-42H2,1-2H3,(H,53,54)(H,55,56)/b8-6+,12-10+,16-14-. The first-order valence-electron chi connectivity index (χ1n) is 24.4. The van der Waals surface area contributed by atoms with Crippen LogP contribution in [0.3, 0.4) is 0 Å². The first-order chi connectivity index (χ1) is 30.8. The predicted molar refractivity (Wildman–Crippen MR) is 251 cm³/mol. The molecule has 0 heterocycles. The molecule has 0 saturated heterocycles. The molecule has 0 rings (SSSR count).